The Bertz CT molecular complexity index is 857. The van der Waals surface area contributed by atoms with Gasteiger partial charge in [-0.1, -0.05) is 17.3 Å². The van der Waals surface area contributed by atoms with E-state index in [0.717, 1.165) is 12.8 Å². The minimum Gasteiger partial charge on any atom is -0.364 e. The van der Waals surface area contributed by atoms with Crippen LogP contribution in [0.1, 0.15) is 24.3 Å². The van der Waals surface area contributed by atoms with E-state index in [0.29, 0.717) is 36.0 Å². The van der Waals surface area contributed by atoms with Gasteiger partial charge < -0.3 is 15.0 Å². The van der Waals surface area contributed by atoms with Crippen LogP contribution in [0.4, 0.5) is 4.39 Å². The molecule has 1 saturated heterocycles. The summed E-state index contributed by atoms with van der Waals surface area (Å²) in [5.41, 5.74) is 6.13. The average Bonchev–Trinajstić information content (AvgIpc) is 3.38. The van der Waals surface area contributed by atoms with Gasteiger partial charge in [-0.05, 0) is 18.9 Å². The van der Waals surface area contributed by atoms with Crippen LogP contribution < -0.4 is 5.73 Å². The molecule has 0 bridgehead atoms. The molecule has 4 rings (SSSR count). The van der Waals surface area contributed by atoms with Crippen molar-refractivity contribution in [3.63, 3.8) is 0 Å². The second kappa shape index (κ2) is 6.34. The van der Waals surface area contributed by atoms with E-state index < -0.39 is 5.60 Å². The van der Waals surface area contributed by atoms with Gasteiger partial charge in [-0.3, -0.25) is 0 Å². The van der Waals surface area contributed by atoms with Crippen molar-refractivity contribution in [3.8, 4) is 11.4 Å². The molecule has 0 aliphatic carbocycles. The third kappa shape index (κ3) is 2.92. The summed E-state index contributed by atoms with van der Waals surface area (Å²) in [4.78, 5) is 8.22. The van der Waals surface area contributed by atoms with Crippen LogP contribution in [0.25, 0.3) is 11.4 Å². The lowest BCUT2D eigenvalue weighted by atomic mass is 10.0. The minimum absolute atomic E-state index is 0.264. The highest BCUT2D eigenvalue weighted by molar-refractivity contribution is 5.55. The molecule has 1 aliphatic heterocycles. The van der Waals surface area contributed by atoms with E-state index in [1.165, 1.54) is 18.7 Å². The number of ether oxygens (including phenoxy) is 1. The van der Waals surface area contributed by atoms with Gasteiger partial charge in [-0.25, -0.2) is 14.1 Å². The zero-order chi connectivity index (χ0) is 17.3. The molecule has 9 heteroatoms. The highest BCUT2D eigenvalue weighted by atomic mass is 19.1. The number of nitrogens with zero attached hydrogens (tertiary/aromatic N) is 5. The highest BCUT2D eigenvalue weighted by Gasteiger charge is 2.41. The van der Waals surface area contributed by atoms with Crippen molar-refractivity contribution in [2.75, 3.05) is 13.2 Å². The van der Waals surface area contributed by atoms with Gasteiger partial charge in [-0.15, -0.1) is 0 Å². The number of benzene rings is 1. The predicted octanol–water partition coefficient (Wildman–Crippen LogP) is 1.48. The minimum atomic E-state index is -0.725. The quantitative estimate of drug-likeness (QED) is 0.747. The molecule has 130 valence electrons. The molecule has 8 nitrogen and oxygen atoms in total. The number of aromatic nitrogens is 5. The summed E-state index contributed by atoms with van der Waals surface area (Å²) < 4.78 is 27.0. The fourth-order valence-electron chi connectivity index (χ4n) is 2.94. The molecule has 1 atom stereocenters. The van der Waals surface area contributed by atoms with Crippen molar-refractivity contribution >= 4 is 0 Å². The van der Waals surface area contributed by atoms with Crippen molar-refractivity contribution in [1.82, 2.24) is 24.9 Å². The standard InChI is InChI=1S/C16H17FN6O2/c17-13-6-11(2-3-12(13)7-23-10-19-9-20-23)14-21-15(25-22-14)16(8-18)4-1-5-24-16/h2-3,6,9-10H,1,4-5,7-8,18H2. The lowest BCUT2D eigenvalue weighted by Crippen LogP contribution is -2.34. The van der Waals surface area contributed by atoms with E-state index in [-0.39, 0.29) is 12.4 Å². The maximum Gasteiger partial charge on any atom is 0.260 e. The molecule has 2 aromatic heterocycles. The molecular formula is C16H17FN6O2. The number of halogens is 1. The maximum atomic E-state index is 14.4. The number of hydrogen-bond donors (Lipinski definition) is 1. The van der Waals surface area contributed by atoms with Crippen molar-refractivity contribution < 1.29 is 13.7 Å². The Morgan fingerprint density at radius 3 is 2.96 bits per heavy atom. The van der Waals surface area contributed by atoms with Crippen LogP contribution in [0, 0.1) is 5.82 Å². The summed E-state index contributed by atoms with van der Waals surface area (Å²) in [7, 11) is 0. The summed E-state index contributed by atoms with van der Waals surface area (Å²) in [6.07, 6.45) is 4.56. The molecule has 3 aromatic rings. The summed E-state index contributed by atoms with van der Waals surface area (Å²) in [6.45, 7) is 1.17. The van der Waals surface area contributed by atoms with Gasteiger partial charge in [-0.2, -0.15) is 10.1 Å². The lowest BCUT2D eigenvalue weighted by molar-refractivity contribution is -0.0176. The molecule has 1 fully saturated rings. The fraction of sp³-hybridized carbons (Fsp3) is 0.375. The Morgan fingerprint density at radius 2 is 2.28 bits per heavy atom. The van der Waals surface area contributed by atoms with Crippen LogP contribution in [0.5, 0.6) is 0 Å². The Kier molecular flexibility index (Phi) is 4.02. The van der Waals surface area contributed by atoms with Gasteiger partial charge >= 0.3 is 0 Å². The summed E-state index contributed by atoms with van der Waals surface area (Å²) >= 11 is 0. The molecule has 0 spiro atoms. The number of nitrogens with two attached hydrogens (primary N) is 1. The monoisotopic (exact) mass is 344 g/mol. The van der Waals surface area contributed by atoms with Crippen LogP contribution in [0.15, 0.2) is 35.4 Å². The first-order valence-electron chi connectivity index (χ1n) is 8.00. The number of rotatable bonds is 5. The van der Waals surface area contributed by atoms with E-state index in [1.54, 1.807) is 16.8 Å². The Labute approximate surface area is 142 Å². The molecule has 1 aromatic carbocycles. The van der Waals surface area contributed by atoms with Gasteiger partial charge in [0.15, 0.2) is 5.60 Å². The van der Waals surface area contributed by atoms with Gasteiger partial charge in [0, 0.05) is 24.3 Å². The maximum absolute atomic E-state index is 14.4. The van der Waals surface area contributed by atoms with Gasteiger partial charge in [0.25, 0.3) is 5.89 Å². The summed E-state index contributed by atoms with van der Waals surface area (Å²) in [5.74, 6) is 0.282. The topological polar surface area (TPSA) is 105 Å². The SMILES string of the molecule is NCC1(c2nc(-c3ccc(Cn4cncn4)c(F)c3)no2)CCCO1. The third-order valence-corrected chi connectivity index (χ3v) is 4.36. The first-order chi connectivity index (χ1) is 12.2. The normalized spacial score (nSPS) is 20.2. The highest BCUT2D eigenvalue weighted by Crippen LogP contribution is 2.35. The first-order valence-corrected chi connectivity index (χ1v) is 8.00. The molecule has 0 amide bonds. The molecule has 1 unspecified atom stereocenters. The van der Waals surface area contributed by atoms with Crippen molar-refractivity contribution in [1.29, 1.82) is 0 Å². The van der Waals surface area contributed by atoms with E-state index in [9.17, 15) is 4.39 Å². The Hall–Kier alpha value is -2.65. The molecular weight excluding hydrogens is 327 g/mol. The van der Waals surface area contributed by atoms with E-state index in [4.69, 9.17) is 15.0 Å². The molecule has 1 aliphatic rings. The van der Waals surface area contributed by atoms with Crippen molar-refractivity contribution in [2.45, 2.75) is 25.0 Å². The average molecular weight is 344 g/mol. The van der Waals surface area contributed by atoms with Crippen LogP contribution in [-0.2, 0) is 16.9 Å². The van der Waals surface area contributed by atoms with Gasteiger partial charge in [0.2, 0.25) is 5.82 Å². The van der Waals surface area contributed by atoms with Crippen LogP contribution >= 0.6 is 0 Å². The van der Waals surface area contributed by atoms with E-state index in [1.807, 2.05) is 0 Å². The molecule has 0 saturated carbocycles. The van der Waals surface area contributed by atoms with Crippen LogP contribution in [0.3, 0.4) is 0 Å². The second-order valence-corrected chi connectivity index (χ2v) is 5.97. The summed E-state index contributed by atoms with van der Waals surface area (Å²) in [6, 6.07) is 4.80. The molecule has 2 N–H and O–H groups in total. The zero-order valence-electron chi connectivity index (χ0n) is 13.4. The molecule has 0 radical (unpaired) electrons. The van der Waals surface area contributed by atoms with Gasteiger partial charge in [0.1, 0.15) is 18.5 Å². The zero-order valence-corrected chi connectivity index (χ0v) is 13.4. The Morgan fingerprint density at radius 1 is 1.36 bits per heavy atom. The smallest absolute Gasteiger partial charge is 0.260 e. The largest absolute Gasteiger partial charge is 0.364 e. The van der Waals surface area contributed by atoms with Gasteiger partial charge in [0.05, 0.1) is 6.54 Å². The lowest BCUT2D eigenvalue weighted by Gasteiger charge is -2.21. The van der Waals surface area contributed by atoms with E-state index >= 15 is 0 Å². The molecule has 25 heavy (non-hydrogen) atoms. The predicted molar refractivity (Wildman–Crippen MR) is 84.7 cm³/mol. The van der Waals surface area contributed by atoms with Crippen molar-refractivity contribution in [3.05, 3.63) is 48.1 Å². The molecule has 3 heterocycles. The first kappa shape index (κ1) is 15.9. The van der Waals surface area contributed by atoms with Crippen molar-refractivity contribution in [2.24, 2.45) is 5.73 Å². The third-order valence-electron chi connectivity index (χ3n) is 4.36. The Balaban J connectivity index is 1.59. The van der Waals surface area contributed by atoms with Crippen LogP contribution in [-0.4, -0.2) is 38.1 Å². The van der Waals surface area contributed by atoms with Crippen LogP contribution in [0.2, 0.25) is 0 Å². The number of hydrogen-bond acceptors (Lipinski definition) is 7. The second-order valence-electron chi connectivity index (χ2n) is 5.97. The fourth-order valence-corrected chi connectivity index (χ4v) is 2.94. The summed E-state index contributed by atoms with van der Waals surface area (Å²) in [5, 5.41) is 7.93. The van der Waals surface area contributed by atoms with E-state index in [2.05, 4.69) is 20.2 Å².